The van der Waals surface area contributed by atoms with Crippen molar-refractivity contribution in [1.29, 1.82) is 0 Å². The van der Waals surface area contributed by atoms with Crippen LogP contribution in [0.1, 0.15) is 16.2 Å². The highest BCUT2D eigenvalue weighted by molar-refractivity contribution is 5.86. The Labute approximate surface area is 97.7 Å². The molecule has 2 aromatic rings. The number of rotatable bonds is 3. The monoisotopic (exact) mass is 233 g/mol. The molecule has 0 saturated carbocycles. The van der Waals surface area contributed by atoms with Gasteiger partial charge in [-0.05, 0) is 31.2 Å². The summed E-state index contributed by atoms with van der Waals surface area (Å²) in [7, 11) is 1.58. The Kier molecular flexibility index (Phi) is 2.82. The second-order valence-electron chi connectivity index (χ2n) is 3.47. The van der Waals surface area contributed by atoms with Gasteiger partial charge in [0.2, 0.25) is 11.7 Å². The maximum atomic E-state index is 10.8. The third kappa shape index (κ3) is 2.13. The lowest BCUT2D eigenvalue weighted by Crippen LogP contribution is -1.95. The molecule has 0 radical (unpaired) electrons. The largest absolute Gasteiger partial charge is 0.497 e. The molecule has 0 fully saturated rings. The number of carbonyl (C=O) groups is 1. The van der Waals surface area contributed by atoms with Gasteiger partial charge in [0.25, 0.3) is 0 Å². The minimum absolute atomic E-state index is 0.129. The first-order chi connectivity index (χ1) is 8.11. The summed E-state index contributed by atoms with van der Waals surface area (Å²) >= 11 is 0. The van der Waals surface area contributed by atoms with Gasteiger partial charge in [0.15, 0.2) is 0 Å². The summed E-state index contributed by atoms with van der Waals surface area (Å²) in [5.41, 5.74) is 1.07. The molecule has 1 N–H and O–H groups in total. The molecular weight excluding hydrogens is 222 g/mol. The van der Waals surface area contributed by atoms with Gasteiger partial charge in [-0.25, -0.2) is 9.78 Å². The molecule has 2 rings (SSSR count). The van der Waals surface area contributed by atoms with Crippen molar-refractivity contribution in [3.05, 3.63) is 35.7 Å². The molecule has 0 atom stereocenters. The summed E-state index contributed by atoms with van der Waals surface area (Å²) in [6.07, 6.45) is 0. The molecular formula is C12H11NO4. The summed E-state index contributed by atoms with van der Waals surface area (Å²) in [6.45, 7) is 1.60. The van der Waals surface area contributed by atoms with Gasteiger partial charge in [0.05, 0.1) is 12.8 Å². The van der Waals surface area contributed by atoms with Crippen molar-refractivity contribution in [2.24, 2.45) is 0 Å². The SMILES string of the molecule is COc1ccc(-c2nc(C)c(C(=O)O)o2)cc1. The molecule has 0 aliphatic carbocycles. The summed E-state index contributed by atoms with van der Waals surface area (Å²) in [5.74, 6) is -0.233. The van der Waals surface area contributed by atoms with Gasteiger partial charge in [-0.2, -0.15) is 0 Å². The van der Waals surface area contributed by atoms with E-state index in [1.807, 2.05) is 0 Å². The van der Waals surface area contributed by atoms with E-state index in [-0.39, 0.29) is 5.76 Å². The molecule has 5 nitrogen and oxygen atoms in total. The maximum absolute atomic E-state index is 10.8. The van der Waals surface area contributed by atoms with Crippen LogP contribution in [-0.2, 0) is 0 Å². The van der Waals surface area contributed by atoms with Crippen molar-refractivity contribution < 1.29 is 19.1 Å². The number of carboxylic acid groups (broad SMARTS) is 1. The lowest BCUT2D eigenvalue weighted by Gasteiger charge is -1.99. The average molecular weight is 233 g/mol. The molecule has 88 valence electrons. The van der Waals surface area contributed by atoms with Gasteiger partial charge in [0, 0.05) is 5.56 Å². The first kappa shape index (κ1) is 11.2. The predicted molar refractivity (Wildman–Crippen MR) is 60.2 cm³/mol. The van der Waals surface area contributed by atoms with Crippen LogP contribution >= 0.6 is 0 Å². The van der Waals surface area contributed by atoms with Crippen molar-refractivity contribution in [1.82, 2.24) is 4.98 Å². The molecule has 1 aromatic heterocycles. The first-order valence-corrected chi connectivity index (χ1v) is 4.97. The van der Waals surface area contributed by atoms with Crippen LogP contribution in [0.4, 0.5) is 0 Å². The lowest BCUT2D eigenvalue weighted by molar-refractivity contribution is 0.0662. The Morgan fingerprint density at radius 2 is 2.00 bits per heavy atom. The predicted octanol–water partition coefficient (Wildman–Crippen LogP) is 2.36. The van der Waals surface area contributed by atoms with Gasteiger partial charge in [-0.15, -0.1) is 0 Å². The Bertz CT molecular complexity index is 542. The highest BCUT2D eigenvalue weighted by Gasteiger charge is 2.16. The number of nitrogens with zero attached hydrogens (tertiary/aromatic N) is 1. The van der Waals surface area contributed by atoms with E-state index in [0.717, 1.165) is 5.75 Å². The Hall–Kier alpha value is -2.30. The second-order valence-corrected chi connectivity index (χ2v) is 3.47. The molecule has 5 heteroatoms. The fourth-order valence-corrected chi connectivity index (χ4v) is 1.45. The number of aromatic carboxylic acids is 1. The van der Waals surface area contributed by atoms with Crippen LogP contribution in [0.3, 0.4) is 0 Å². The third-order valence-electron chi connectivity index (χ3n) is 2.33. The number of oxazole rings is 1. The minimum Gasteiger partial charge on any atom is -0.497 e. The van der Waals surface area contributed by atoms with E-state index in [2.05, 4.69) is 4.98 Å². The van der Waals surface area contributed by atoms with Crippen LogP contribution in [0, 0.1) is 6.92 Å². The normalized spacial score (nSPS) is 10.2. The van der Waals surface area contributed by atoms with E-state index in [1.54, 1.807) is 38.3 Å². The summed E-state index contributed by atoms with van der Waals surface area (Å²) in [4.78, 5) is 14.9. The summed E-state index contributed by atoms with van der Waals surface area (Å²) < 4.78 is 10.2. The zero-order valence-electron chi connectivity index (χ0n) is 9.43. The molecule has 0 spiro atoms. The first-order valence-electron chi connectivity index (χ1n) is 4.97. The number of benzene rings is 1. The second kappa shape index (κ2) is 4.29. The highest BCUT2D eigenvalue weighted by Crippen LogP contribution is 2.23. The number of aromatic nitrogens is 1. The van der Waals surface area contributed by atoms with Crippen molar-refractivity contribution in [3.8, 4) is 17.2 Å². The van der Waals surface area contributed by atoms with Gasteiger partial charge in [-0.1, -0.05) is 0 Å². The third-order valence-corrected chi connectivity index (χ3v) is 2.33. The van der Waals surface area contributed by atoms with Gasteiger partial charge in [0.1, 0.15) is 5.75 Å². The number of hydrogen-bond donors (Lipinski definition) is 1. The van der Waals surface area contributed by atoms with E-state index in [9.17, 15) is 4.79 Å². The van der Waals surface area contributed by atoms with Crippen molar-refractivity contribution >= 4 is 5.97 Å². The smallest absolute Gasteiger partial charge is 0.373 e. The molecule has 0 saturated heterocycles. The van der Waals surface area contributed by atoms with Crippen molar-refractivity contribution in [2.75, 3.05) is 7.11 Å². The lowest BCUT2D eigenvalue weighted by atomic mass is 10.2. The zero-order valence-corrected chi connectivity index (χ0v) is 9.43. The van der Waals surface area contributed by atoms with E-state index in [1.165, 1.54) is 0 Å². The van der Waals surface area contributed by atoms with E-state index >= 15 is 0 Å². The van der Waals surface area contributed by atoms with Crippen LogP contribution in [-0.4, -0.2) is 23.2 Å². The number of hydrogen-bond acceptors (Lipinski definition) is 4. The molecule has 0 amide bonds. The molecule has 0 bridgehead atoms. The van der Waals surface area contributed by atoms with Crippen LogP contribution in [0.5, 0.6) is 5.75 Å². The number of aryl methyl sites for hydroxylation is 1. The Morgan fingerprint density at radius 3 is 2.47 bits per heavy atom. The van der Waals surface area contributed by atoms with E-state index in [0.29, 0.717) is 17.1 Å². The standard InChI is InChI=1S/C12H11NO4/c1-7-10(12(14)15)17-11(13-7)8-3-5-9(16-2)6-4-8/h3-6H,1-2H3,(H,14,15). The maximum Gasteiger partial charge on any atom is 0.373 e. The molecule has 0 aliphatic rings. The topological polar surface area (TPSA) is 72.6 Å². The Balaban J connectivity index is 2.39. The van der Waals surface area contributed by atoms with E-state index in [4.69, 9.17) is 14.3 Å². The van der Waals surface area contributed by atoms with Crippen LogP contribution in [0.25, 0.3) is 11.5 Å². The van der Waals surface area contributed by atoms with Crippen LogP contribution in [0.2, 0.25) is 0 Å². The molecule has 1 heterocycles. The van der Waals surface area contributed by atoms with Crippen molar-refractivity contribution in [3.63, 3.8) is 0 Å². The average Bonchev–Trinajstić information content (AvgIpc) is 2.71. The highest BCUT2D eigenvalue weighted by atomic mass is 16.5. The summed E-state index contributed by atoms with van der Waals surface area (Å²) in [6, 6.07) is 7.04. The number of carboxylic acids is 1. The zero-order chi connectivity index (χ0) is 12.4. The quantitative estimate of drug-likeness (QED) is 0.880. The number of ether oxygens (including phenoxy) is 1. The van der Waals surface area contributed by atoms with Crippen LogP contribution < -0.4 is 4.74 Å². The Morgan fingerprint density at radius 1 is 1.35 bits per heavy atom. The van der Waals surface area contributed by atoms with Gasteiger partial charge in [-0.3, -0.25) is 0 Å². The van der Waals surface area contributed by atoms with Crippen molar-refractivity contribution in [2.45, 2.75) is 6.92 Å². The molecule has 1 aromatic carbocycles. The fourth-order valence-electron chi connectivity index (χ4n) is 1.45. The number of methoxy groups -OCH3 is 1. The fraction of sp³-hybridized carbons (Fsp3) is 0.167. The van der Waals surface area contributed by atoms with Gasteiger partial charge >= 0.3 is 5.97 Å². The van der Waals surface area contributed by atoms with E-state index < -0.39 is 5.97 Å². The van der Waals surface area contributed by atoms with Crippen LogP contribution in [0.15, 0.2) is 28.7 Å². The summed E-state index contributed by atoms with van der Waals surface area (Å²) in [5, 5.41) is 8.85. The molecule has 17 heavy (non-hydrogen) atoms. The minimum atomic E-state index is -1.12. The molecule has 0 unspecified atom stereocenters. The molecule has 0 aliphatic heterocycles. The van der Waals surface area contributed by atoms with Gasteiger partial charge < -0.3 is 14.3 Å².